The third-order valence-electron chi connectivity index (χ3n) is 4.37. The van der Waals surface area contributed by atoms with Gasteiger partial charge in [0.15, 0.2) is 5.96 Å². The van der Waals surface area contributed by atoms with Gasteiger partial charge in [0.1, 0.15) is 0 Å². The predicted molar refractivity (Wildman–Crippen MR) is 119 cm³/mol. The molecule has 0 saturated carbocycles. The van der Waals surface area contributed by atoms with E-state index < -0.39 is 0 Å². The van der Waals surface area contributed by atoms with E-state index in [1.54, 1.807) is 0 Å². The highest BCUT2D eigenvalue weighted by atomic mass is 127. The van der Waals surface area contributed by atoms with E-state index in [1.807, 2.05) is 49.2 Å². The molecule has 2 heterocycles. The van der Waals surface area contributed by atoms with Gasteiger partial charge < -0.3 is 15.1 Å². The lowest BCUT2D eigenvalue weighted by molar-refractivity contribution is 0.371. The van der Waals surface area contributed by atoms with Crippen LogP contribution in [0.15, 0.2) is 41.7 Å². The van der Waals surface area contributed by atoms with Crippen LogP contribution < -0.4 is 10.2 Å². The minimum Gasteiger partial charge on any atom is -0.367 e. The van der Waals surface area contributed by atoms with Gasteiger partial charge in [-0.1, -0.05) is 23.7 Å². The Bertz CT molecular complexity index is 724. The van der Waals surface area contributed by atoms with Gasteiger partial charge in [0.2, 0.25) is 0 Å². The number of para-hydroxylation sites is 1. The monoisotopic (exact) mass is 488 g/mol. The molecule has 0 unspecified atom stereocenters. The van der Waals surface area contributed by atoms with Crippen LogP contribution in [0.3, 0.4) is 0 Å². The molecule has 1 fully saturated rings. The molecule has 1 saturated heterocycles. The molecule has 0 aliphatic carbocycles. The molecule has 0 atom stereocenters. The van der Waals surface area contributed by atoms with Gasteiger partial charge in [-0.2, -0.15) is 5.10 Å². The first-order valence-electron chi connectivity index (χ1n) is 8.61. The Balaban J connectivity index is 0.00000243. The Labute approximate surface area is 177 Å². The summed E-state index contributed by atoms with van der Waals surface area (Å²) in [5, 5.41) is 8.55. The fourth-order valence-electron chi connectivity index (χ4n) is 3.07. The summed E-state index contributed by atoms with van der Waals surface area (Å²) in [6.07, 6.45) is 3.93. The number of nitrogens with one attached hydrogen (secondary N) is 1. The van der Waals surface area contributed by atoms with Gasteiger partial charge in [-0.15, -0.1) is 24.0 Å². The Morgan fingerprint density at radius 3 is 2.58 bits per heavy atom. The molecule has 26 heavy (non-hydrogen) atoms. The number of rotatable bonds is 4. The summed E-state index contributed by atoms with van der Waals surface area (Å²) in [6.45, 7) is 7.39. The van der Waals surface area contributed by atoms with Crippen molar-refractivity contribution >= 4 is 47.2 Å². The van der Waals surface area contributed by atoms with Crippen LogP contribution in [-0.4, -0.2) is 60.4 Å². The van der Waals surface area contributed by atoms with Crippen molar-refractivity contribution in [1.82, 2.24) is 20.0 Å². The standard InChI is InChI=1S/C18H25ClN6.HI/c1-15-13-22-25(14-15)8-7-21-18(20-2)24-11-9-23(10-12-24)17-6-4-3-5-16(17)19;/h3-6,13-14H,7-12H2,1-2H3,(H,20,21);1H. The van der Waals surface area contributed by atoms with Crippen LogP contribution in [0.2, 0.25) is 5.02 Å². The third-order valence-corrected chi connectivity index (χ3v) is 4.69. The normalized spacial score (nSPS) is 15.0. The maximum atomic E-state index is 6.31. The molecule has 0 spiro atoms. The molecule has 1 aliphatic rings. The first-order valence-corrected chi connectivity index (χ1v) is 8.99. The van der Waals surface area contributed by atoms with Crippen molar-refractivity contribution in [1.29, 1.82) is 0 Å². The Hall–Kier alpha value is -1.48. The predicted octanol–water partition coefficient (Wildman–Crippen LogP) is 2.86. The molecule has 1 N–H and O–H groups in total. The van der Waals surface area contributed by atoms with E-state index in [1.165, 1.54) is 5.56 Å². The van der Waals surface area contributed by atoms with Gasteiger partial charge in [-0.05, 0) is 24.6 Å². The maximum Gasteiger partial charge on any atom is 0.193 e. The molecule has 1 aromatic heterocycles. The number of benzene rings is 1. The van der Waals surface area contributed by atoms with Crippen molar-refractivity contribution < 1.29 is 0 Å². The molecule has 3 rings (SSSR count). The van der Waals surface area contributed by atoms with E-state index in [4.69, 9.17) is 11.6 Å². The van der Waals surface area contributed by atoms with Crippen LogP contribution >= 0.6 is 35.6 Å². The van der Waals surface area contributed by atoms with Gasteiger partial charge in [0.25, 0.3) is 0 Å². The lowest BCUT2D eigenvalue weighted by atomic mass is 10.2. The second-order valence-corrected chi connectivity index (χ2v) is 6.59. The van der Waals surface area contributed by atoms with Crippen LogP contribution in [-0.2, 0) is 6.54 Å². The molecule has 2 aromatic rings. The topological polar surface area (TPSA) is 48.7 Å². The van der Waals surface area contributed by atoms with Crippen molar-refractivity contribution in [2.75, 3.05) is 44.7 Å². The van der Waals surface area contributed by atoms with Crippen LogP contribution in [0.4, 0.5) is 5.69 Å². The molecule has 6 nitrogen and oxygen atoms in total. The Kier molecular flexibility index (Phi) is 8.02. The van der Waals surface area contributed by atoms with Crippen molar-refractivity contribution in [3.63, 3.8) is 0 Å². The van der Waals surface area contributed by atoms with Gasteiger partial charge >= 0.3 is 0 Å². The van der Waals surface area contributed by atoms with Crippen molar-refractivity contribution in [2.24, 2.45) is 4.99 Å². The average molecular weight is 489 g/mol. The number of halogens is 2. The van der Waals surface area contributed by atoms with E-state index in [0.717, 1.165) is 55.9 Å². The molecule has 0 radical (unpaired) electrons. The SMILES string of the molecule is CN=C(NCCn1cc(C)cn1)N1CCN(c2ccccc2Cl)CC1.I. The second kappa shape index (κ2) is 10.0. The summed E-state index contributed by atoms with van der Waals surface area (Å²) in [5.74, 6) is 0.947. The zero-order valence-electron chi connectivity index (χ0n) is 15.2. The number of guanidine groups is 1. The Morgan fingerprint density at radius 1 is 1.23 bits per heavy atom. The molecule has 8 heteroatoms. The van der Waals surface area contributed by atoms with Crippen molar-refractivity contribution in [2.45, 2.75) is 13.5 Å². The summed E-state index contributed by atoms with van der Waals surface area (Å²) in [5.41, 5.74) is 2.29. The number of hydrogen-bond acceptors (Lipinski definition) is 3. The minimum atomic E-state index is 0. The van der Waals surface area contributed by atoms with E-state index >= 15 is 0 Å². The average Bonchev–Trinajstić information content (AvgIpc) is 3.05. The molecular formula is C18H26ClIN6. The third kappa shape index (κ3) is 5.26. The quantitative estimate of drug-likeness (QED) is 0.408. The number of aryl methyl sites for hydroxylation is 1. The highest BCUT2D eigenvalue weighted by Crippen LogP contribution is 2.25. The molecule has 1 aromatic carbocycles. The molecule has 0 amide bonds. The highest BCUT2D eigenvalue weighted by Gasteiger charge is 2.20. The second-order valence-electron chi connectivity index (χ2n) is 6.18. The van der Waals surface area contributed by atoms with Gasteiger partial charge in [0, 0.05) is 46.0 Å². The van der Waals surface area contributed by atoms with Gasteiger partial charge in [0.05, 0.1) is 23.5 Å². The smallest absolute Gasteiger partial charge is 0.193 e. The Morgan fingerprint density at radius 2 is 1.96 bits per heavy atom. The van der Waals surface area contributed by atoms with Crippen molar-refractivity contribution in [3.8, 4) is 0 Å². The number of anilines is 1. The first kappa shape index (κ1) is 20.8. The van der Waals surface area contributed by atoms with E-state index in [-0.39, 0.29) is 24.0 Å². The molecule has 142 valence electrons. The van der Waals surface area contributed by atoms with Crippen LogP contribution in [0.25, 0.3) is 0 Å². The maximum absolute atomic E-state index is 6.31. The fourth-order valence-corrected chi connectivity index (χ4v) is 3.33. The van der Waals surface area contributed by atoms with E-state index in [0.29, 0.717) is 0 Å². The van der Waals surface area contributed by atoms with Crippen molar-refractivity contribution in [3.05, 3.63) is 47.2 Å². The molecular weight excluding hydrogens is 463 g/mol. The lowest BCUT2D eigenvalue weighted by Crippen LogP contribution is -2.53. The van der Waals surface area contributed by atoms with Gasteiger partial charge in [-0.3, -0.25) is 9.67 Å². The zero-order chi connectivity index (χ0) is 17.6. The number of hydrogen-bond donors (Lipinski definition) is 1. The lowest BCUT2D eigenvalue weighted by Gasteiger charge is -2.38. The van der Waals surface area contributed by atoms with Crippen LogP contribution in [0.5, 0.6) is 0 Å². The molecule has 1 aliphatic heterocycles. The summed E-state index contributed by atoms with van der Waals surface area (Å²) >= 11 is 6.31. The van der Waals surface area contributed by atoms with Crippen LogP contribution in [0.1, 0.15) is 5.56 Å². The fraction of sp³-hybridized carbons (Fsp3) is 0.444. The largest absolute Gasteiger partial charge is 0.367 e. The summed E-state index contributed by atoms with van der Waals surface area (Å²) in [6, 6.07) is 8.03. The number of nitrogens with zero attached hydrogens (tertiary/aromatic N) is 5. The van der Waals surface area contributed by atoms with E-state index in [9.17, 15) is 0 Å². The number of aromatic nitrogens is 2. The summed E-state index contributed by atoms with van der Waals surface area (Å²) in [4.78, 5) is 9.05. The highest BCUT2D eigenvalue weighted by molar-refractivity contribution is 14.0. The zero-order valence-corrected chi connectivity index (χ0v) is 18.3. The van der Waals surface area contributed by atoms with Crippen LogP contribution in [0, 0.1) is 6.92 Å². The number of aliphatic imine (C=N–C) groups is 1. The summed E-state index contributed by atoms with van der Waals surface area (Å²) < 4.78 is 1.95. The summed E-state index contributed by atoms with van der Waals surface area (Å²) in [7, 11) is 1.83. The minimum absolute atomic E-state index is 0. The molecule has 0 bridgehead atoms. The first-order chi connectivity index (χ1) is 12.2. The van der Waals surface area contributed by atoms with E-state index in [2.05, 4.69) is 31.3 Å². The number of piperazine rings is 1. The van der Waals surface area contributed by atoms with Gasteiger partial charge in [-0.25, -0.2) is 0 Å².